The fraction of sp³-hybridized carbons (Fsp3) is 0.583. The van der Waals surface area contributed by atoms with Crippen LogP contribution in [0.4, 0.5) is 4.39 Å². The molecule has 2 unspecified atom stereocenters. The maximum Gasteiger partial charge on any atom is 0.245 e. The Morgan fingerprint density at radius 1 is 1.26 bits per heavy atom. The average Bonchev–Trinajstić information content (AvgIpc) is 2.63. The second-order valence-electron chi connectivity index (χ2n) is 5.18. The van der Waals surface area contributed by atoms with Crippen LogP contribution in [-0.4, -0.2) is 41.0 Å². The first-order valence-corrected chi connectivity index (χ1v) is 7.74. The number of nitrogens with zero attached hydrogens (tertiary/aromatic N) is 2. The van der Waals surface area contributed by atoms with E-state index in [9.17, 15) is 17.9 Å². The Bertz CT molecular complexity index is 578. The van der Waals surface area contributed by atoms with Gasteiger partial charge in [-0.1, -0.05) is 0 Å². The minimum Gasteiger partial charge on any atom is -0.393 e. The lowest BCUT2D eigenvalue weighted by Gasteiger charge is -2.35. The number of piperidine rings is 1. The maximum atomic E-state index is 13.2. The lowest BCUT2D eigenvalue weighted by Crippen LogP contribution is -2.47. The molecule has 0 radical (unpaired) electrons. The second kappa shape index (κ2) is 4.50. The molecule has 1 aromatic rings. The molecule has 1 N–H and O–H groups in total. The quantitative estimate of drug-likeness (QED) is 0.877. The van der Waals surface area contributed by atoms with Crippen LogP contribution in [0.3, 0.4) is 0 Å². The second-order valence-corrected chi connectivity index (χ2v) is 7.03. The van der Waals surface area contributed by atoms with Gasteiger partial charge in [0, 0.05) is 18.3 Å². The molecule has 19 heavy (non-hydrogen) atoms. The van der Waals surface area contributed by atoms with Gasteiger partial charge in [-0.3, -0.25) is 4.98 Å². The molecule has 3 heterocycles. The summed E-state index contributed by atoms with van der Waals surface area (Å²) in [5, 5.41) is 9.69. The van der Waals surface area contributed by atoms with Crippen LogP contribution in [0, 0.1) is 5.82 Å². The Morgan fingerprint density at radius 2 is 1.89 bits per heavy atom. The first-order valence-electron chi connectivity index (χ1n) is 6.30. The summed E-state index contributed by atoms with van der Waals surface area (Å²) in [7, 11) is -3.72. The number of aliphatic hydroxyl groups excluding tert-OH is 1. The van der Waals surface area contributed by atoms with E-state index in [4.69, 9.17) is 0 Å². The van der Waals surface area contributed by atoms with Crippen molar-refractivity contribution in [2.75, 3.05) is 0 Å². The van der Waals surface area contributed by atoms with Gasteiger partial charge in [0.05, 0.1) is 12.3 Å². The van der Waals surface area contributed by atoms with Crippen molar-refractivity contribution in [3.05, 3.63) is 24.3 Å². The molecule has 2 fully saturated rings. The zero-order valence-electron chi connectivity index (χ0n) is 10.2. The van der Waals surface area contributed by atoms with Gasteiger partial charge >= 0.3 is 0 Å². The highest BCUT2D eigenvalue weighted by atomic mass is 32.2. The van der Waals surface area contributed by atoms with Gasteiger partial charge in [0.1, 0.15) is 10.7 Å². The minimum absolute atomic E-state index is 0.110. The molecule has 0 amide bonds. The number of halogens is 1. The molecule has 1 aromatic heterocycles. The fourth-order valence-electron chi connectivity index (χ4n) is 3.15. The molecule has 0 aromatic carbocycles. The number of rotatable bonds is 2. The molecule has 0 saturated carbocycles. The Labute approximate surface area is 111 Å². The lowest BCUT2D eigenvalue weighted by molar-refractivity contribution is 0.0768. The van der Waals surface area contributed by atoms with Crippen LogP contribution in [0.5, 0.6) is 0 Å². The summed E-state index contributed by atoms with van der Waals surface area (Å²) in [4.78, 5) is 3.49. The molecule has 5 nitrogen and oxygen atoms in total. The van der Waals surface area contributed by atoms with Gasteiger partial charge in [0.25, 0.3) is 0 Å². The number of hydrogen-bond acceptors (Lipinski definition) is 4. The number of pyridine rings is 1. The van der Waals surface area contributed by atoms with E-state index in [-0.39, 0.29) is 17.0 Å². The van der Waals surface area contributed by atoms with E-state index in [1.807, 2.05) is 0 Å². The van der Waals surface area contributed by atoms with Gasteiger partial charge in [0.15, 0.2) is 0 Å². The summed E-state index contributed by atoms with van der Waals surface area (Å²) >= 11 is 0. The highest BCUT2D eigenvalue weighted by Crippen LogP contribution is 2.39. The predicted molar refractivity (Wildman–Crippen MR) is 65.3 cm³/mol. The zero-order valence-corrected chi connectivity index (χ0v) is 11.1. The Hall–Kier alpha value is -1.05. The SMILES string of the molecule is O=S(=O)(c1cncc(F)c1)N1C2CCC1CC(O)C2. The van der Waals surface area contributed by atoms with Crippen molar-refractivity contribution in [3.63, 3.8) is 0 Å². The number of fused-ring (bicyclic) bond motifs is 2. The average molecular weight is 286 g/mol. The molecular formula is C12H15FN2O3S. The van der Waals surface area contributed by atoms with Crippen molar-refractivity contribution in [1.82, 2.24) is 9.29 Å². The molecule has 2 saturated heterocycles. The molecule has 7 heteroatoms. The van der Waals surface area contributed by atoms with Crippen molar-refractivity contribution in [2.45, 2.75) is 48.8 Å². The monoisotopic (exact) mass is 286 g/mol. The normalized spacial score (nSPS) is 31.6. The van der Waals surface area contributed by atoms with E-state index < -0.39 is 21.9 Å². The van der Waals surface area contributed by atoms with E-state index >= 15 is 0 Å². The van der Waals surface area contributed by atoms with Crippen LogP contribution in [0.15, 0.2) is 23.4 Å². The van der Waals surface area contributed by atoms with Crippen molar-refractivity contribution in [3.8, 4) is 0 Å². The van der Waals surface area contributed by atoms with Crippen molar-refractivity contribution in [1.29, 1.82) is 0 Å². The van der Waals surface area contributed by atoms with Crippen LogP contribution >= 0.6 is 0 Å². The maximum absolute atomic E-state index is 13.2. The van der Waals surface area contributed by atoms with Crippen molar-refractivity contribution >= 4 is 10.0 Å². The number of aliphatic hydroxyl groups is 1. The first kappa shape index (κ1) is 13.0. The standard InChI is InChI=1S/C12H15FN2O3S/c13-8-3-12(7-14-6-8)19(17,18)15-9-1-2-10(15)5-11(16)4-9/h3,6-7,9-11,16H,1-2,4-5H2. The highest BCUT2D eigenvalue weighted by Gasteiger charge is 2.46. The number of hydrogen-bond donors (Lipinski definition) is 1. The van der Waals surface area contributed by atoms with Crippen LogP contribution in [0.2, 0.25) is 0 Å². The molecule has 0 spiro atoms. The predicted octanol–water partition coefficient (Wildman–Crippen LogP) is 0.897. The van der Waals surface area contributed by atoms with Crippen LogP contribution in [0.1, 0.15) is 25.7 Å². The van der Waals surface area contributed by atoms with Gasteiger partial charge in [-0.05, 0) is 31.7 Å². The number of sulfonamides is 1. The van der Waals surface area contributed by atoms with E-state index in [2.05, 4.69) is 4.98 Å². The summed E-state index contributed by atoms with van der Waals surface area (Å²) in [5.74, 6) is -0.662. The summed E-state index contributed by atoms with van der Waals surface area (Å²) in [5.41, 5.74) is 0. The third-order valence-electron chi connectivity index (χ3n) is 3.90. The van der Waals surface area contributed by atoms with E-state index in [0.29, 0.717) is 12.8 Å². The van der Waals surface area contributed by atoms with Crippen molar-refractivity contribution in [2.24, 2.45) is 0 Å². The fourth-order valence-corrected chi connectivity index (χ4v) is 5.02. The third-order valence-corrected chi connectivity index (χ3v) is 5.87. The van der Waals surface area contributed by atoms with Gasteiger partial charge in [-0.25, -0.2) is 12.8 Å². The minimum atomic E-state index is -3.72. The van der Waals surface area contributed by atoms with Gasteiger partial charge in [-0.2, -0.15) is 4.31 Å². The van der Waals surface area contributed by atoms with E-state index in [0.717, 1.165) is 25.1 Å². The van der Waals surface area contributed by atoms with Gasteiger partial charge in [0.2, 0.25) is 10.0 Å². The van der Waals surface area contributed by atoms with Crippen LogP contribution < -0.4 is 0 Å². The topological polar surface area (TPSA) is 70.5 Å². The lowest BCUT2D eigenvalue weighted by atomic mass is 10.0. The molecule has 2 bridgehead atoms. The Morgan fingerprint density at radius 3 is 2.47 bits per heavy atom. The van der Waals surface area contributed by atoms with Gasteiger partial charge in [-0.15, -0.1) is 0 Å². The first-order chi connectivity index (χ1) is 8.98. The molecule has 2 aliphatic heterocycles. The molecule has 2 aliphatic rings. The van der Waals surface area contributed by atoms with E-state index in [1.54, 1.807) is 0 Å². The summed E-state index contributed by atoms with van der Waals surface area (Å²) < 4.78 is 39.7. The van der Waals surface area contributed by atoms with E-state index in [1.165, 1.54) is 10.5 Å². The van der Waals surface area contributed by atoms with Crippen LogP contribution in [-0.2, 0) is 10.0 Å². The summed E-state index contributed by atoms with van der Waals surface area (Å²) in [6.45, 7) is 0. The third kappa shape index (κ3) is 2.15. The summed E-state index contributed by atoms with van der Waals surface area (Å²) in [6.07, 6.45) is 4.13. The Balaban J connectivity index is 1.98. The zero-order chi connectivity index (χ0) is 13.6. The molecule has 3 rings (SSSR count). The number of aromatic nitrogens is 1. The van der Waals surface area contributed by atoms with Crippen LogP contribution in [0.25, 0.3) is 0 Å². The largest absolute Gasteiger partial charge is 0.393 e. The smallest absolute Gasteiger partial charge is 0.245 e. The van der Waals surface area contributed by atoms with Crippen molar-refractivity contribution < 1.29 is 17.9 Å². The molecular weight excluding hydrogens is 271 g/mol. The molecule has 0 aliphatic carbocycles. The molecule has 2 atom stereocenters. The highest BCUT2D eigenvalue weighted by molar-refractivity contribution is 7.89. The van der Waals surface area contributed by atoms with Gasteiger partial charge < -0.3 is 5.11 Å². The molecule has 104 valence electrons. The summed E-state index contributed by atoms with van der Waals surface area (Å²) in [6, 6.07) is 0.635. The Kier molecular flexibility index (Phi) is 3.07.